The standard InChI is InChI=1S/C25H40F3NO8/c1-15-19(35-17-10-8-9-11-17)16(12-25(26,27)28)13-33-14-18(20(30)34-15)29(21(31)36-23(2,3)4)22(32)37-24(5,6)7/h15-19H,8-14H2,1-7H3. The number of alkyl halides is 3. The van der Waals surface area contributed by atoms with Gasteiger partial charge in [-0.25, -0.2) is 14.4 Å². The summed E-state index contributed by atoms with van der Waals surface area (Å²) >= 11 is 0. The summed E-state index contributed by atoms with van der Waals surface area (Å²) in [5.41, 5.74) is -2.04. The summed E-state index contributed by atoms with van der Waals surface area (Å²) in [4.78, 5) is 39.7. The lowest BCUT2D eigenvalue weighted by atomic mass is 9.94. The van der Waals surface area contributed by atoms with Crippen molar-refractivity contribution in [3.8, 4) is 0 Å². The van der Waals surface area contributed by atoms with Crippen LogP contribution in [-0.4, -0.2) is 78.0 Å². The van der Waals surface area contributed by atoms with E-state index in [1.165, 1.54) is 6.92 Å². The average molecular weight is 540 g/mol. The van der Waals surface area contributed by atoms with Crippen molar-refractivity contribution in [2.24, 2.45) is 5.92 Å². The van der Waals surface area contributed by atoms with Gasteiger partial charge in [0.2, 0.25) is 0 Å². The maximum atomic E-state index is 13.4. The minimum absolute atomic E-state index is 0.251. The number of carbonyl (C=O) groups excluding carboxylic acids is 3. The van der Waals surface area contributed by atoms with Gasteiger partial charge in [0.1, 0.15) is 17.3 Å². The number of carbonyl (C=O) groups is 3. The second-order valence-electron chi connectivity index (χ2n) is 11.6. The Morgan fingerprint density at radius 1 is 0.946 bits per heavy atom. The first-order chi connectivity index (χ1) is 16.9. The number of nitrogens with zero attached hydrogens (tertiary/aromatic N) is 1. The Bertz CT molecular complexity index is 771. The third kappa shape index (κ3) is 10.3. The first-order valence-electron chi connectivity index (χ1n) is 12.6. The van der Waals surface area contributed by atoms with Gasteiger partial charge in [-0.1, -0.05) is 12.8 Å². The lowest BCUT2D eigenvalue weighted by Crippen LogP contribution is -2.54. The van der Waals surface area contributed by atoms with Gasteiger partial charge in [0.25, 0.3) is 0 Å². The van der Waals surface area contributed by atoms with E-state index < -0.39 is 79.3 Å². The number of cyclic esters (lactones) is 1. The highest BCUT2D eigenvalue weighted by Crippen LogP contribution is 2.34. The number of amides is 2. The van der Waals surface area contributed by atoms with E-state index in [4.69, 9.17) is 23.7 Å². The van der Waals surface area contributed by atoms with Gasteiger partial charge in [0.15, 0.2) is 6.04 Å². The van der Waals surface area contributed by atoms with Crippen molar-refractivity contribution in [2.45, 2.75) is 122 Å². The molecule has 12 heteroatoms. The Labute approximate surface area is 216 Å². The van der Waals surface area contributed by atoms with Crippen molar-refractivity contribution in [1.29, 1.82) is 0 Å². The van der Waals surface area contributed by atoms with E-state index in [0.29, 0.717) is 17.7 Å². The first-order valence-corrected chi connectivity index (χ1v) is 12.6. The SMILES string of the molecule is CC1OC(=O)C(N(C(=O)OC(C)(C)C)C(=O)OC(C)(C)C)COCC(CC(F)(F)F)C1OC1CCCC1. The fourth-order valence-electron chi connectivity index (χ4n) is 4.28. The molecule has 0 N–H and O–H groups in total. The van der Waals surface area contributed by atoms with Crippen LogP contribution in [0.15, 0.2) is 0 Å². The summed E-state index contributed by atoms with van der Waals surface area (Å²) in [6.45, 7) is 9.86. The molecule has 4 unspecified atom stereocenters. The minimum atomic E-state index is -4.51. The maximum Gasteiger partial charge on any atom is 0.420 e. The summed E-state index contributed by atoms with van der Waals surface area (Å²) in [7, 11) is 0. The summed E-state index contributed by atoms with van der Waals surface area (Å²) < 4.78 is 68.1. The molecular formula is C25H40F3NO8. The maximum absolute atomic E-state index is 13.4. The van der Waals surface area contributed by atoms with E-state index in [0.717, 1.165) is 12.8 Å². The number of imide groups is 1. The molecule has 9 nitrogen and oxygen atoms in total. The summed E-state index contributed by atoms with van der Waals surface area (Å²) in [5.74, 6) is -2.21. The van der Waals surface area contributed by atoms with Gasteiger partial charge < -0.3 is 23.7 Å². The molecule has 0 bridgehead atoms. The fraction of sp³-hybridized carbons (Fsp3) is 0.880. The second kappa shape index (κ2) is 12.2. The molecule has 1 aliphatic heterocycles. The Morgan fingerprint density at radius 2 is 1.46 bits per heavy atom. The lowest BCUT2D eigenvalue weighted by molar-refractivity contribution is -0.184. The van der Waals surface area contributed by atoms with E-state index in [-0.39, 0.29) is 6.10 Å². The summed E-state index contributed by atoms with van der Waals surface area (Å²) in [6.07, 6.45) is -7.33. The third-order valence-electron chi connectivity index (χ3n) is 5.75. The number of hydrogen-bond acceptors (Lipinski definition) is 8. The van der Waals surface area contributed by atoms with Crippen molar-refractivity contribution in [3.63, 3.8) is 0 Å². The Kier molecular flexibility index (Phi) is 10.3. The molecule has 0 radical (unpaired) electrons. The molecular weight excluding hydrogens is 499 g/mol. The van der Waals surface area contributed by atoms with Crippen LogP contribution in [0.25, 0.3) is 0 Å². The van der Waals surface area contributed by atoms with Crippen LogP contribution in [0.1, 0.15) is 80.6 Å². The molecule has 2 aliphatic rings. The molecule has 0 spiro atoms. The van der Waals surface area contributed by atoms with E-state index in [1.807, 2.05) is 0 Å². The highest BCUT2D eigenvalue weighted by molar-refractivity contribution is 5.94. The van der Waals surface area contributed by atoms with Crippen LogP contribution in [-0.2, 0) is 28.5 Å². The Balaban J connectivity index is 2.38. The van der Waals surface area contributed by atoms with Crippen LogP contribution >= 0.6 is 0 Å². The number of esters is 1. The average Bonchev–Trinajstić information content (AvgIpc) is 3.20. The Morgan fingerprint density at radius 3 is 1.92 bits per heavy atom. The molecule has 1 saturated carbocycles. The molecule has 0 aromatic heterocycles. The monoisotopic (exact) mass is 539 g/mol. The molecule has 2 amide bonds. The molecule has 1 aliphatic carbocycles. The van der Waals surface area contributed by atoms with Gasteiger partial charge in [0, 0.05) is 5.92 Å². The predicted octanol–water partition coefficient (Wildman–Crippen LogP) is 5.39. The smallest absolute Gasteiger partial charge is 0.420 e. The largest absolute Gasteiger partial charge is 0.458 e. The topological polar surface area (TPSA) is 101 Å². The minimum Gasteiger partial charge on any atom is -0.458 e. The zero-order valence-corrected chi connectivity index (χ0v) is 22.7. The summed E-state index contributed by atoms with van der Waals surface area (Å²) in [5, 5.41) is 0. The Hall–Kier alpha value is -2.08. The van der Waals surface area contributed by atoms with Crippen LogP contribution in [0.2, 0.25) is 0 Å². The summed E-state index contributed by atoms with van der Waals surface area (Å²) in [6, 6.07) is -1.65. The highest BCUT2D eigenvalue weighted by Gasteiger charge is 2.46. The quantitative estimate of drug-likeness (QED) is 0.347. The van der Waals surface area contributed by atoms with Gasteiger partial charge in [-0.2, -0.15) is 18.1 Å². The van der Waals surface area contributed by atoms with Crippen LogP contribution < -0.4 is 0 Å². The second-order valence-corrected chi connectivity index (χ2v) is 11.6. The molecule has 0 aromatic rings. The molecule has 1 heterocycles. The molecule has 2 rings (SSSR count). The lowest BCUT2D eigenvalue weighted by Gasteiger charge is -2.34. The van der Waals surface area contributed by atoms with E-state index >= 15 is 0 Å². The predicted molar refractivity (Wildman–Crippen MR) is 126 cm³/mol. The molecule has 214 valence electrons. The van der Waals surface area contributed by atoms with E-state index in [2.05, 4.69) is 0 Å². The van der Waals surface area contributed by atoms with Crippen molar-refractivity contribution in [2.75, 3.05) is 13.2 Å². The number of rotatable bonds is 4. The van der Waals surface area contributed by atoms with Gasteiger partial charge in [-0.05, 0) is 61.3 Å². The van der Waals surface area contributed by atoms with Crippen LogP contribution in [0, 0.1) is 5.92 Å². The normalized spacial score (nSPS) is 26.5. The van der Waals surface area contributed by atoms with Crippen LogP contribution in [0.5, 0.6) is 0 Å². The first kappa shape index (κ1) is 31.1. The highest BCUT2D eigenvalue weighted by atomic mass is 19.4. The molecule has 0 aromatic carbocycles. The molecule has 4 atom stereocenters. The molecule has 1 saturated heterocycles. The van der Waals surface area contributed by atoms with Crippen molar-refractivity contribution in [1.82, 2.24) is 4.90 Å². The number of hydrogen-bond donors (Lipinski definition) is 0. The molecule has 2 fully saturated rings. The van der Waals surface area contributed by atoms with Crippen molar-refractivity contribution >= 4 is 18.2 Å². The van der Waals surface area contributed by atoms with Crippen molar-refractivity contribution < 1.29 is 51.2 Å². The zero-order valence-electron chi connectivity index (χ0n) is 22.7. The van der Waals surface area contributed by atoms with Crippen molar-refractivity contribution in [3.05, 3.63) is 0 Å². The van der Waals surface area contributed by atoms with E-state index in [9.17, 15) is 27.6 Å². The number of halogens is 3. The van der Waals surface area contributed by atoms with Crippen LogP contribution in [0.4, 0.5) is 22.8 Å². The number of ether oxygens (including phenoxy) is 5. The van der Waals surface area contributed by atoms with E-state index in [1.54, 1.807) is 41.5 Å². The third-order valence-corrected chi connectivity index (χ3v) is 5.75. The van der Waals surface area contributed by atoms with Gasteiger partial charge in [-0.15, -0.1) is 0 Å². The van der Waals surface area contributed by atoms with Gasteiger partial charge >= 0.3 is 24.3 Å². The zero-order chi connectivity index (χ0) is 28.2. The molecule has 37 heavy (non-hydrogen) atoms. The van der Waals surface area contributed by atoms with Crippen LogP contribution in [0.3, 0.4) is 0 Å². The fourth-order valence-corrected chi connectivity index (χ4v) is 4.28. The van der Waals surface area contributed by atoms with Gasteiger partial charge in [0.05, 0.1) is 31.8 Å². The van der Waals surface area contributed by atoms with Gasteiger partial charge in [-0.3, -0.25) is 0 Å².